The summed E-state index contributed by atoms with van der Waals surface area (Å²) in [7, 11) is -1.50. The first-order valence-corrected chi connectivity index (χ1v) is 7.07. The predicted octanol–water partition coefficient (Wildman–Crippen LogP) is 1.09. The minimum Gasteiger partial charge on any atom is -0.493 e. The molecule has 0 atom stereocenters. The van der Waals surface area contributed by atoms with Crippen LogP contribution in [0.15, 0.2) is 18.2 Å². The second-order valence-electron chi connectivity index (χ2n) is 3.50. The van der Waals surface area contributed by atoms with Gasteiger partial charge in [-0.3, -0.25) is 0 Å². The standard InChI is InChI=1S/C11H17NO4S/c1-3-17(13,14)7-6-16-10-5-4-9(12)8-11(10)15-2/h4-5,8H,3,6-7,12H2,1-2H3. The second kappa shape index (κ2) is 5.77. The SMILES string of the molecule is CCS(=O)(=O)CCOc1ccc(N)cc1OC. The van der Waals surface area contributed by atoms with Crippen molar-refractivity contribution in [3.8, 4) is 11.5 Å². The van der Waals surface area contributed by atoms with E-state index in [1.54, 1.807) is 25.1 Å². The van der Waals surface area contributed by atoms with Crippen molar-refractivity contribution in [3.05, 3.63) is 18.2 Å². The van der Waals surface area contributed by atoms with Gasteiger partial charge in [-0.25, -0.2) is 8.42 Å². The van der Waals surface area contributed by atoms with Gasteiger partial charge < -0.3 is 15.2 Å². The van der Waals surface area contributed by atoms with Gasteiger partial charge in [-0.05, 0) is 12.1 Å². The Bertz CT molecular complexity index is 470. The van der Waals surface area contributed by atoms with Gasteiger partial charge in [0.1, 0.15) is 6.61 Å². The predicted molar refractivity (Wildman–Crippen MR) is 67.2 cm³/mol. The van der Waals surface area contributed by atoms with Crippen molar-refractivity contribution in [3.63, 3.8) is 0 Å². The number of hydrogen-bond donors (Lipinski definition) is 1. The van der Waals surface area contributed by atoms with Gasteiger partial charge in [0.2, 0.25) is 0 Å². The molecule has 0 aliphatic carbocycles. The maximum absolute atomic E-state index is 11.3. The van der Waals surface area contributed by atoms with Crippen molar-refractivity contribution < 1.29 is 17.9 Å². The highest BCUT2D eigenvalue weighted by Crippen LogP contribution is 2.28. The zero-order valence-corrected chi connectivity index (χ0v) is 10.8. The van der Waals surface area contributed by atoms with Gasteiger partial charge in [0.15, 0.2) is 21.3 Å². The Balaban J connectivity index is 2.64. The van der Waals surface area contributed by atoms with Gasteiger partial charge in [0, 0.05) is 17.5 Å². The summed E-state index contributed by atoms with van der Waals surface area (Å²) >= 11 is 0. The van der Waals surface area contributed by atoms with E-state index in [4.69, 9.17) is 15.2 Å². The lowest BCUT2D eigenvalue weighted by atomic mass is 10.3. The van der Waals surface area contributed by atoms with Gasteiger partial charge in [-0.2, -0.15) is 0 Å². The van der Waals surface area contributed by atoms with Crippen molar-refractivity contribution in [1.29, 1.82) is 0 Å². The average molecular weight is 259 g/mol. The monoisotopic (exact) mass is 259 g/mol. The highest BCUT2D eigenvalue weighted by molar-refractivity contribution is 7.91. The van der Waals surface area contributed by atoms with Crippen LogP contribution in [0.2, 0.25) is 0 Å². The number of benzene rings is 1. The number of nitrogens with two attached hydrogens (primary N) is 1. The summed E-state index contributed by atoms with van der Waals surface area (Å²) in [6, 6.07) is 4.96. The fourth-order valence-corrected chi connectivity index (χ4v) is 1.85. The van der Waals surface area contributed by atoms with Gasteiger partial charge in [0.25, 0.3) is 0 Å². The molecule has 0 saturated heterocycles. The maximum Gasteiger partial charge on any atom is 0.162 e. The molecule has 1 aromatic rings. The molecule has 0 aromatic heterocycles. The van der Waals surface area contributed by atoms with E-state index in [1.165, 1.54) is 7.11 Å². The van der Waals surface area contributed by atoms with E-state index in [2.05, 4.69) is 0 Å². The summed E-state index contributed by atoms with van der Waals surface area (Å²) in [5.74, 6) is 1.11. The summed E-state index contributed by atoms with van der Waals surface area (Å²) in [6.07, 6.45) is 0. The van der Waals surface area contributed by atoms with E-state index in [0.29, 0.717) is 17.2 Å². The third kappa shape index (κ3) is 4.14. The van der Waals surface area contributed by atoms with E-state index in [1.807, 2.05) is 0 Å². The van der Waals surface area contributed by atoms with Crippen LogP contribution in [0.4, 0.5) is 5.69 Å². The highest BCUT2D eigenvalue weighted by atomic mass is 32.2. The van der Waals surface area contributed by atoms with Crippen LogP contribution in [0, 0.1) is 0 Å². The smallest absolute Gasteiger partial charge is 0.162 e. The van der Waals surface area contributed by atoms with Crippen molar-refractivity contribution in [1.82, 2.24) is 0 Å². The van der Waals surface area contributed by atoms with Gasteiger partial charge in [0.05, 0.1) is 12.9 Å². The third-order valence-electron chi connectivity index (χ3n) is 2.28. The number of ether oxygens (including phenoxy) is 2. The lowest BCUT2D eigenvalue weighted by Gasteiger charge is -2.10. The van der Waals surface area contributed by atoms with Gasteiger partial charge in [-0.15, -0.1) is 0 Å². The molecule has 0 radical (unpaired) electrons. The van der Waals surface area contributed by atoms with Gasteiger partial charge >= 0.3 is 0 Å². The highest BCUT2D eigenvalue weighted by Gasteiger charge is 2.09. The van der Waals surface area contributed by atoms with E-state index >= 15 is 0 Å². The molecule has 0 aliphatic rings. The first kappa shape index (κ1) is 13.6. The molecule has 1 aromatic carbocycles. The zero-order chi connectivity index (χ0) is 12.9. The van der Waals surface area contributed by atoms with Crippen LogP contribution in [-0.2, 0) is 9.84 Å². The molecule has 6 heteroatoms. The Morgan fingerprint density at radius 1 is 1.29 bits per heavy atom. The molecule has 0 saturated carbocycles. The summed E-state index contributed by atoms with van der Waals surface area (Å²) in [5.41, 5.74) is 6.16. The molecule has 0 unspecified atom stereocenters. The summed E-state index contributed by atoms with van der Waals surface area (Å²) in [6.45, 7) is 1.72. The second-order valence-corrected chi connectivity index (χ2v) is 5.97. The minimum atomic E-state index is -3.01. The van der Waals surface area contributed by atoms with Crippen molar-refractivity contribution in [2.24, 2.45) is 0 Å². The van der Waals surface area contributed by atoms with Crippen LogP contribution in [0.25, 0.3) is 0 Å². The molecule has 0 heterocycles. The lowest BCUT2D eigenvalue weighted by molar-refractivity contribution is 0.312. The number of nitrogen functional groups attached to an aromatic ring is 1. The van der Waals surface area contributed by atoms with Gasteiger partial charge in [-0.1, -0.05) is 6.92 Å². The van der Waals surface area contributed by atoms with Crippen molar-refractivity contribution >= 4 is 15.5 Å². The van der Waals surface area contributed by atoms with E-state index in [0.717, 1.165) is 0 Å². The van der Waals surface area contributed by atoms with E-state index < -0.39 is 9.84 Å². The lowest BCUT2D eigenvalue weighted by Crippen LogP contribution is -2.15. The maximum atomic E-state index is 11.3. The zero-order valence-electron chi connectivity index (χ0n) is 9.97. The van der Waals surface area contributed by atoms with Crippen LogP contribution < -0.4 is 15.2 Å². The quantitative estimate of drug-likeness (QED) is 0.774. The van der Waals surface area contributed by atoms with Crippen molar-refractivity contribution in [2.75, 3.05) is 31.0 Å². The Kier molecular flexibility index (Phi) is 4.62. The average Bonchev–Trinajstić information content (AvgIpc) is 2.30. The Labute approximate surface area is 101 Å². The van der Waals surface area contributed by atoms with E-state index in [9.17, 15) is 8.42 Å². The number of rotatable bonds is 6. The largest absolute Gasteiger partial charge is 0.493 e. The molecular formula is C11H17NO4S. The van der Waals surface area contributed by atoms with Crippen LogP contribution in [0.5, 0.6) is 11.5 Å². The molecule has 0 fully saturated rings. The van der Waals surface area contributed by atoms with E-state index in [-0.39, 0.29) is 18.1 Å². The number of methoxy groups -OCH3 is 1. The Morgan fingerprint density at radius 3 is 2.59 bits per heavy atom. The first-order chi connectivity index (χ1) is 7.98. The number of anilines is 1. The number of sulfone groups is 1. The topological polar surface area (TPSA) is 78.6 Å². The summed E-state index contributed by atoms with van der Waals surface area (Å²) in [4.78, 5) is 0. The summed E-state index contributed by atoms with van der Waals surface area (Å²) < 4.78 is 33.0. The van der Waals surface area contributed by atoms with Crippen LogP contribution in [0.3, 0.4) is 0 Å². The number of hydrogen-bond acceptors (Lipinski definition) is 5. The molecule has 2 N–H and O–H groups in total. The van der Waals surface area contributed by atoms with Crippen LogP contribution >= 0.6 is 0 Å². The molecule has 17 heavy (non-hydrogen) atoms. The van der Waals surface area contributed by atoms with Crippen LogP contribution in [0.1, 0.15) is 6.92 Å². The third-order valence-corrected chi connectivity index (χ3v) is 3.95. The normalized spacial score (nSPS) is 11.2. The molecule has 0 bridgehead atoms. The Morgan fingerprint density at radius 2 is 2.00 bits per heavy atom. The molecule has 0 spiro atoms. The van der Waals surface area contributed by atoms with Crippen molar-refractivity contribution in [2.45, 2.75) is 6.92 Å². The summed E-state index contributed by atoms with van der Waals surface area (Å²) in [5, 5.41) is 0. The molecule has 1 rings (SSSR count). The Hall–Kier alpha value is -1.43. The fourth-order valence-electron chi connectivity index (χ4n) is 1.23. The van der Waals surface area contributed by atoms with Crippen LogP contribution in [-0.4, -0.2) is 33.6 Å². The molecule has 5 nitrogen and oxygen atoms in total. The molecular weight excluding hydrogens is 242 g/mol. The molecule has 0 amide bonds. The first-order valence-electron chi connectivity index (χ1n) is 5.25. The molecule has 0 aliphatic heterocycles. The molecule has 96 valence electrons. The minimum absolute atomic E-state index is 0.00295. The fraction of sp³-hybridized carbons (Fsp3) is 0.455.